The van der Waals surface area contributed by atoms with Crippen LogP contribution in [-0.2, 0) is 9.59 Å². The summed E-state index contributed by atoms with van der Waals surface area (Å²) in [5.41, 5.74) is -0.390. The molecule has 4 rings (SSSR count). The summed E-state index contributed by atoms with van der Waals surface area (Å²) in [7, 11) is 1.64. The van der Waals surface area contributed by atoms with Crippen molar-refractivity contribution in [3.8, 4) is 0 Å². The topological polar surface area (TPSA) is 98.8 Å². The van der Waals surface area contributed by atoms with E-state index in [2.05, 4.69) is 10.6 Å². The third kappa shape index (κ3) is 3.28. The van der Waals surface area contributed by atoms with Gasteiger partial charge in [-0.1, -0.05) is 19.3 Å². The van der Waals surface area contributed by atoms with Crippen LogP contribution in [0.5, 0.6) is 0 Å². The Labute approximate surface area is 167 Å². The summed E-state index contributed by atoms with van der Waals surface area (Å²) >= 11 is 1.24. The number of anilines is 1. The van der Waals surface area contributed by atoms with E-state index in [-0.39, 0.29) is 24.4 Å². The molecule has 1 aliphatic heterocycles. The minimum atomic E-state index is -0.798. The standard InChI is InChI=1S/C19H24N4O4S/c1-22-18(27)23(17(26)19(22)8-3-2-4-9-19)11-14(24)21-16-13(7-10-28-16)15(25)20-12-5-6-12/h7,10,12H,2-6,8-9,11H2,1H3,(H,20,25)(H,21,24). The van der Waals surface area contributed by atoms with Gasteiger partial charge in [0.15, 0.2) is 0 Å². The highest BCUT2D eigenvalue weighted by Crippen LogP contribution is 2.39. The molecule has 3 fully saturated rings. The second-order valence-electron chi connectivity index (χ2n) is 7.78. The predicted octanol–water partition coefficient (Wildman–Crippen LogP) is 2.18. The van der Waals surface area contributed by atoms with Crippen molar-refractivity contribution >= 4 is 40.1 Å². The van der Waals surface area contributed by atoms with Gasteiger partial charge >= 0.3 is 6.03 Å². The van der Waals surface area contributed by atoms with Gasteiger partial charge < -0.3 is 15.5 Å². The fraction of sp³-hybridized carbons (Fsp3) is 0.579. The normalized spacial score (nSPS) is 21.3. The summed E-state index contributed by atoms with van der Waals surface area (Å²) < 4.78 is 0. The summed E-state index contributed by atoms with van der Waals surface area (Å²) in [6, 6.07) is 1.45. The van der Waals surface area contributed by atoms with E-state index < -0.39 is 17.5 Å². The number of carbonyl (C=O) groups is 4. The van der Waals surface area contributed by atoms with Crippen molar-refractivity contribution in [3.05, 3.63) is 17.0 Å². The zero-order valence-electron chi connectivity index (χ0n) is 15.8. The summed E-state index contributed by atoms with van der Waals surface area (Å²) in [5.74, 6) is -0.980. The Morgan fingerprint density at radius 2 is 1.93 bits per heavy atom. The molecule has 1 aromatic rings. The molecule has 2 heterocycles. The van der Waals surface area contributed by atoms with Gasteiger partial charge in [0.2, 0.25) is 5.91 Å². The second-order valence-corrected chi connectivity index (χ2v) is 8.70. The smallest absolute Gasteiger partial charge is 0.327 e. The molecule has 0 unspecified atom stereocenters. The van der Waals surface area contributed by atoms with Crippen LogP contribution in [0.4, 0.5) is 9.80 Å². The molecule has 2 N–H and O–H groups in total. The van der Waals surface area contributed by atoms with Gasteiger partial charge in [0.1, 0.15) is 17.1 Å². The molecule has 8 nitrogen and oxygen atoms in total. The summed E-state index contributed by atoms with van der Waals surface area (Å²) in [6.45, 7) is -0.342. The Morgan fingerprint density at radius 3 is 2.61 bits per heavy atom. The lowest BCUT2D eigenvalue weighted by molar-refractivity contribution is -0.136. The maximum atomic E-state index is 13.0. The fourth-order valence-corrected chi connectivity index (χ4v) is 4.86. The molecule has 3 aliphatic rings. The lowest BCUT2D eigenvalue weighted by Gasteiger charge is -2.35. The Morgan fingerprint density at radius 1 is 1.21 bits per heavy atom. The number of nitrogens with zero attached hydrogens (tertiary/aromatic N) is 2. The van der Waals surface area contributed by atoms with Gasteiger partial charge in [0.25, 0.3) is 11.8 Å². The van der Waals surface area contributed by atoms with E-state index in [1.54, 1.807) is 18.5 Å². The van der Waals surface area contributed by atoms with Gasteiger partial charge in [0, 0.05) is 13.1 Å². The maximum absolute atomic E-state index is 13.0. The highest BCUT2D eigenvalue weighted by Gasteiger charge is 2.55. The summed E-state index contributed by atoms with van der Waals surface area (Å²) in [4.78, 5) is 52.9. The molecule has 1 saturated heterocycles. The number of rotatable bonds is 5. The Bertz CT molecular complexity index is 826. The van der Waals surface area contributed by atoms with Gasteiger partial charge in [-0.3, -0.25) is 19.3 Å². The molecule has 28 heavy (non-hydrogen) atoms. The van der Waals surface area contributed by atoms with Crippen molar-refractivity contribution in [1.29, 1.82) is 0 Å². The molecule has 0 bridgehead atoms. The Balaban J connectivity index is 1.43. The van der Waals surface area contributed by atoms with Crippen molar-refractivity contribution in [2.45, 2.75) is 56.5 Å². The number of nitrogens with one attached hydrogen (secondary N) is 2. The zero-order valence-corrected chi connectivity index (χ0v) is 16.6. The number of imide groups is 1. The fourth-order valence-electron chi connectivity index (χ4n) is 4.06. The molecule has 150 valence electrons. The third-order valence-electron chi connectivity index (χ3n) is 5.86. The number of thiophene rings is 1. The van der Waals surface area contributed by atoms with Crippen molar-refractivity contribution in [2.24, 2.45) is 0 Å². The molecule has 1 spiro atoms. The van der Waals surface area contributed by atoms with Crippen molar-refractivity contribution in [1.82, 2.24) is 15.1 Å². The van der Waals surface area contributed by atoms with Crippen LogP contribution in [0.1, 0.15) is 55.3 Å². The van der Waals surface area contributed by atoms with Crippen molar-refractivity contribution in [3.63, 3.8) is 0 Å². The first kappa shape index (κ1) is 18.9. The van der Waals surface area contributed by atoms with Crippen LogP contribution in [0.15, 0.2) is 11.4 Å². The number of amides is 5. The molecule has 0 atom stereocenters. The Hall–Kier alpha value is -2.42. The summed E-state index contributed by atoms with van der Waals surface area (Å²) in [6.07, 6.45) is 6.10. The van der Waals surface area contributed by atoms with E-state index in [0.29, 0.717) is 23.4 Å². The van der Waals surface area contributed by atoms with Gasteiger partial charge in [-0.25, -0.2) is 4.79 Å². The number of hydrogen-bond acceptors (Lipinski definition) is 5. The third-order valence-corrected chi connectivity index (χ3v) is 6.69. The molecule has 2 aliphatic carbocycles. The second kappa shape index (κ2) is 7.20. The van der Waals surface area contributed by atoms with Crippen LogP contribution in [0.2, 0.25) is 0 Å². The highest BCUT2D eigenvalue weighted by atomic mass is 32.1. The molecule has 5 amide bonds. The number of likely N-dealkylation sites (N-methyl/N-ethyl adjacent to an activating group) is 1. The maximum Gasteiger partial charge on any atom is 0.327 e. The largest absolute Gasteiger partial charge is 0.349 e. The molecular weight excluding hydrogens is 380 g/mol. The van der Waals surface area contributed by atoms with Crippen LogP contribution >= 0.6 is 11.3 Å². The van der Waals surface area contributed by atoms with Gasteiger partial charge in [-0.2, -0.15) is 0 Å². The van der Waals surface area contributed by atoms with E-state index in [1.807, 2.05) is 0 Å². The lowest BCUT2D eigenvalue weighted by atomic mass is 9.81. The summed E-state index contributed by atoms with van der Waals surface area (Å²) in [5, 5.41) is 7.75. The number of carbonyl (C=O) groups excluding carboxylic acids is 4. The van der Waals surface area contributed by atoms with E-state index in [9.17, 15) is 19.2 Å². The average molecular weight is 404 g/mol. The first-order chi connectivity index (χ1) is 13.4. The zero-order chi connectivity index (χ0) is 19.9. The number of urea groups is 1. The Kier molecular flexibility index (Phi) is 4.86. The molecule has 1 aromatic heterocycles. The van der Waals surface area contributed by atoms with Crippen molar-refractivity contribution in [2.75, 3.05) is 18.9 Å². The monoisotopic (exact) mass is 404 g/mol. The SMILES string of the molecule is CN1C(=O)N(CC(=O)Nc2sccc2C(=O)NC2CC2)C(=O)C12CCCCC2. The highest BCUT2D eigenvalue weighted by molar-refractivity contribution is 7.14. The van der Waals surface area contributed by atoms with Crippen LogP contribution in [-0.4, -0.2) is 58.7 Å². The van der Waals surface area contributed by atoms with E-state index >= 15 is 0 Å². The van der Waals surface area contributed by atoms with Gasteiger partial charge in [0.05, 0.1) is 5.56 Å². The van der Waals surface area contributed by atoms with Crippen LogP contribution in [0.25, 0.3) is 0 Å². The first-order valence-electron chi connectivity index (χ1n) is 9.70. The van der Waals surface area contributed by atoms with Gasteiger partial charge in [-0.15, -0.1) is 11.3 Å². The van der Waals surface area contributed by atoms with E-state index in [1.165, 1.54) is 16.2 Å². The predicted molar refractivity (Wildman–Crippen MR) is 104 cm³/mol. The number of hydrogen-bond donors (Lipinski definition) is 2. The molecular formula is C19H24N4O4S. The van der Waals surface area contributed by atoms with Gasteiger partial charge in [-0.05, 0) is 37.1 Å². The van der Waals surface area contributed by atoms with Crippen LogP contribution in [0, 0.1) is 0 Å². The molecule has 2 saturated carbocycles. The van der Waals surface area contributed by atoms with Crippen LogP contribution in [0.3, 0.4) is 0 Å². The molecule has 0 aromatic carbocycles. The minimum absolute atomic E-state index is 0.215. The quantitative estimate of drug-likeness (QED) is 0.735. The lowest BCUT2D eigenvalue weighted by Crippen LogP contribution is -2.49. The van der Waals surface area contributed by atoms with E-state index in [4.69, 9.17) is 0 Å². The van der Waals surface area contributed by atoms with Crippen LogP contribution < -0.4 is 10.6 Å². The van der Waals surface area contributed by atoms with E-state index in [0.717, 1.165) is 37.0 Å². The van der Waals surface area contributed by atoms with Crippen molar-refractivity contribution < 1.29 is 19.2 Å². The molecule has 9 heteroatoms. The minimum Gasteiger partial charge on any atom is -0.349 e. The average Bonchev–Trinajstić information content (AvgIpc) is 3.36. The molecule has 0 radical (unpaired) electrons. The first-order valence-corrected chi connectivity index (χ1v) is 10.6.